The minimum atomic E-state index is -0.986. The van der Waals surface area contributed by atoms with Crippen LogP contribution in [0.15, 0.2) is 103 Å². The third-order valence-corrected chi connectivity index (χ3v) is 6.43. The number of aryl methyl sites for hydroxylation is 2. The highest BCUT2D eigenvalue weighted by Crippen LogP contribution is 2.36. The van der Waals surface area contributed by atoms with Gasteiger partial charge < -0.3 is 10.4 Å². The molecule has 0 spiro atoms. The van der Waals surface area contributed by atoms with Crippen molar-refractivity contribution >= 4 is 11.9 Å². The van der Waals surface area contributed by atoms with Crippen LogP contribution in [0.5, 0.6) is 0 Å². The van der Waals surface area contributed by atoms with Gasteiger partial charge in [-0.25, -0.2) is 4.79 Å². The number of carbonyl (C=O) groups is 2. The van der Waals surface area contributed by atoms with Crippen LogP contribution in [0.3, 0.4) is 0 Å². The normalized spacial score (nSPS) is 11.2. The summed E-state index contributed by atoms with van der Waals surface area (Å²) < 4.78 is 0. The Kier molecular flexibility index (Phi) is 7.62. The largest absolute Gasteiger partial charge is 0.478 e. The van der Waals surface area contributed by atoms with Crippen molar-refractivity contribution in [3.05, 3.63) is 142 Å². The van der Waals surface area contributed by atoms with Crippen LogP contribution in [0.2, 0.25) is 0 Å². The van der Waals surface area contributed by atoms with E-state index in [-0.39, 0.29) is 11.5 Å². The van der Waals surface area contributed by atoms with E-state index in [1.807, 2.05) is 54.6 Å². The van der Waals surface area contributed by atoms with Gasteiger partial charge in [-0.15, -0.1) is 0 Å². The van der Waals surface area contributed by atoms with Gasteiger partial charge in [-0.05, 0) is 53.8 Å². The quantitative estimate of drug-likeness (QED) is 0.225. The Labute approximate surface area is 211 Å². The van der Waals surface area contributed by atoms with E-state index in [2.05, 4.69) is 47.0 Å². The third-order valence-electron chi connectivity index (χ3n) is 6.43. The molecule has 182 valence electrons. The fourth-order valence-electron chi connectivity index (χ4n) is 4.83. The summed E-state index contributed by atoms with van der Waals surface area (Å²) in [4.78, 5) is 24.3. The lowest BCUT2D eigenvalue weighted by atomic mass is 9.77. The molecule has 0 radical (unpaired) electrons. The molecule has 36 heavy (non-hydrogen) atoms. The highest BCUT2D eigenvalue weighted by atomic mass is 16.4. The van der Waals surface area contributed by atoms with Crippen LogP contribution in [0, 0.1) is 13.8 Å². The van der Waals surface area contributed by atoms with Gasteiger partial charge in [-0.3, -0.25) is 10.1 Å². The van der Waals surface area contributed by atoms with E-state index in [0.717, 1.165) is 16.7 Å². The number of rotatable bonds is 9. The fourth-order valence-corrected chi connectivity index (χ4v) is 4.83. The Morgan fingerprint density at radius 3 is 1.50 bits per heavy atom. The molecule has 0 atom stereocenters. The highest BCUT2D eigenvalue weighted by molar-refractivity contribution is 5.97. The summed E-state index contributed by atoms with van der Waals surface area (Å²) in [7, 11) is 0. The van der Waals surface area contributed by atoms with Crippen molar-refractivity contribution in [1.82, 2.24) is 10.6 Å². The summed E-state index contributed by atoms with van der Waals surface area (Å²) in [5.74, 6) is -1.22. The van der Waals surface area contributed by atoms with Crippen LogP contribution in [-0.4, -0.2) is 30.1 Å². The maximum absolute atomic E-state index is 12.9. The molecule has 5 nitrogen and oxygen atoms in total. The smallest absolute Gasteiger partial charge is 0.336 e. The number of benzene rings is 4. The number of hydrogen-bond donors (Lipinski definition) is 3. The van der Waals surface area contributed by atoms with Crippen molar-refractivity contribution in [3.8, 4) is 0 Å². The molecule has 0 aliphatic carbocycles. The lowest BCUT2D eigenvalue weighted by Gasteiger charge is -2.37. The van der Waals surface area contributed by atoms with E-state index in [0.29, 0.717) is 29.8 Å². The number of aromatic carboxylic acids is 1. The summed E-state index contributed by atoms with van der Waals surface area (Å²) in [6, 6.07) is 34.1. The Balaban J connectivity index is 1.59. The van der Waals surface area contributed by atoms with Crippen LogP contribution >= 0.6 is 0 Å². The highest BCUT2D eigenvalue weighted by Gasteiger charge is 2.35. The molecular weight excluding hydrogens is 448 g/mol. The van der Waals surface area contributed by atoms with Gasteiger partial charge in [-0.2, -0.15) is 0 Å². The zero-order valence-corrected chi connectivity index (χ0v) is 20.5. The number of carboxylic acid groups (broad SMARTS) is 1. The average Bonchev–Trinajstić information content (AvgIpc) is 2.89. The number of amides is 1. The number of carbonyl (C=O) groups excluding carboxylic acids is 1. The Morgan fingerprint density at radius 1 is 0.694 bits per heavy atom. The number of carboxylic acids is 1. The molecule has 0 aliphatic heterocycles. The molecule has 0 heterocycles. The van der Waals surface area contributed by atoms with Gasteiger partial charge in [0.05, 0.1) is 11.1 Å². The van der Waals surface area contributed by atoms with Crippen molar-refractivity contribution in [1.29, 1.82) is 0 Å². The molecule has 5 heteroatoms. The first-order chi connectivity index (χ1) is 17.4. The van der Waals surface area contributed by atoms with Crippen molar-refractivity contribution in [2.45, 2.75) is 19.4 Å². The molecule has 0 aromatic heterocycles. The predicted molar refractivity (Wildman–Crippen MR) is 142 cm³/mol. The monoisotopic (exact) mass is 478 g/mol. The van der Waals surface area contributed by atoms with Gasteiger partial charge in [0.1, 0.15) is 0 Å². The SMILES string of the molecule is Cc1cc(C(=O)NCCNC(c2ccccc2)(c2ccccc2)c2ccccc2)cc(C)c1C(=O)O. The topological polar surface area (TPSA) is 78.4 Å². The zero-order valence-electron chi connectivity index (χ0n) is 20.5. The van der Waals surface area contributed by atoms with Crippen LogP contribution in [0.4, 0.5) is 0 Å². The molecule has 0 fully saturated rings. The van der Waals surface area contributed by atoms with Crippen molar-refractivity contribution in [2.24, 2.45) is 0 Å². The molecule has 4 aromatic carbocycles. The van der Waals surface area contributed by atoms with Crippen molar-refractivity contribution in [3.63, 3.8) is 0 Å². The van der Waals surface area contributed by atoms with Crippen LogP contribution in [0.25, 0.3) is 0 Å². The fraction of sp³-hybridized carbons (Fsp3) is 0.161. The first-order valence-electron chi connectivity index (χ1n) is 12.0. The molecule has 0 bridgehead atoms. The Morgan fingerprint density at radius 2 is 1.11 bits per heavy atom. The van der Waals surface area contributed by atoms with Crippen LogP contribution < -0.4 is 10.6 Å². The second-order valence-electron chi connectivity index (χ2n) is 8.82. The minimum Gasteiger partial charge on any atom is -0.478 e. The van der Waals surface area contributed by atoms with E-state index in [4.69, 9.17) is 0 Å². The van der Waals surface area contributed by atoms with Crippen molar-refractivity contribution < 1.29 is 14.7 Å². The molecule has 0 aliphatic rings. The summed E-state index contributed by atoms with van der Waals surface area (Å²) in [5.41, 5.74) is 4.54. The minimum absolute atomic E-state index is 0.232. The van der Waals surface area contributed by atoms with E-state index in [9.17, 15) is 14.7 Å². The molecule has 3 N–H and O–H groups in total. The zero-order chi connectivity index (χ0) is 25.5. The van der Waals surface area contributed by atoms with Crippen LogP contribution in [-0.2, 0) is 5.54 Å². The summed E-state index contributed by atoms with van der Waals surface area (Å²) >= 11 is 0. The molecule has 0 saturated carbocycles. The lowest BCUT2D eigenvalue weighted by molar-refractivity contribution is 0.0694. The molecule has 0 unspecified atom stereocenters. The van der Waals surface area contributed by atoms with E-state index in [1.165, 1.54) is 0 Å². The summed E-state index contributed by atoms with van der Waals surface area (Å²) in [6.45, 7) is 4.33. The average molecular weight is 479 g/mol. The second-order valence-corrected chi connectivity index (χ2v) is 8.82. The van der Waals surface area contributed by atoms with Gasteiger partial charge in [0.15, 0.2) is 0 Å². The third kappa shape index (κ3) is 5.07. The molecule has 4 rings (SSSR count). The van der Waals surface area contributed by atoms with E-state index < -0.39 is 11.5 Å². The van der Waals surface area contributed by atoms with Gasteiger partial charge in [0, 0.05) is 18.7 Å². The predicted octanol–water partition coefficient (Wildman–Crippen LogP) is 5.31. The van der Waals surface area contributed by atoms with E-state index in [1.54, 1.807) is 26.0 Å². The number of nitrogens with one attached hydrogen (secondary N) is 2. The molecule has 0 saturated heterocycles. The van der Waals surface area contributed by atoms with Gasteiger partial charge in [0.2, 0.25) is 0 Å². The van der Waals surface area contributed by atoms with Crippen molar-refractivity contribution in [2.75, 3.05) is 13.1 Å². The molecule has 1 amide bonds. The number of hydrogen-bond acceptors (Lipinski definition) is 3. The van der Waals surface area contributed by atoms with Gasteiger partial charge >= 0.3 is 5.97 Å². The summed E-state index contributed by atoms with van der Waals surface area (Å²) in [5, 5.41) is 16.1. The standard InChI is InChI=1S/C31H30N2O3/c1-22-20-24(21-23(2)28(22)30(35)36)29(34)32-18-19-33-31(25-12-6-3-7-13-25,26-14-8-4-9-15-26)27-16-10-5-11-17-27/h3-17,20-21,33H,18-19H2,1-2H3,(H,32,34)(H,35,36). The first kappa shape index (κ1) is 24.9. The molecular formula is C31H30N2O3. The Bertz CT molecular complexity index is 1220. The maximum atomic E-state index is 12.9. The van der Waals surface area contributed by atoms with Gasteiger partial charge in [0.25, 0.3) is 5.91 Å². The maximum Gasteiger partial charge on any atom is 0.336 e. The summed E-state index contributed by atoms with van der Waals surface area (Å²) in [6.07, 6.45) is 0. The van der Waals surface area contributed by atoms with Crippen LogP contribution in [0.1, 0.15) is 48.5 Å². The second kappa shape index (κ2) is 11.0. The van der Waals surface area contributed by atoms with E-state index >= 15 is 0 Å². The lowest BCUT2D eigenvalue weighted by Crippen LogP contribution is -2.47. The van der Waals surface area contributed by atoms with Gasteiger partial charge in [-0.1, -0.05) is 91.0 Å². The Hall–Kier alpha value is -4.22. The first-order valence-corrected chi connectivity index (χ1v) is 12.0. The molecule has 4 aromatic rings.